The first-order chi connectivity index (χ1) is 21.4. The molecule has 2 amide bonds. The number of halogens is 5. The Balaban J connectivity index is 1.53. The van der Waals surface area contributed by atoms with Gasteiger partial charge in [0.25, 0.3) is 11.8 Å². The molecule has 3 heterocycles. The second-order valence-corrected chi connectivity index (χ2v) is 10.9. The van der Waals surface area contributed by atoms with Crippen molar-refractivity contribution >= 4 is 46.4 Å². The summed E-state index contributed by atoms with van der Waals surface area (Å²) in [4.78, 5) is 30.6. The highest BCUT2D eigenvalue weighted by molar-refractivity contribution is 6.32. The Hall–Kier alpha value is -4.93. The van der Waals surface area contributed by atoms with Gasteiger partial charge in [-0.05, 0) is 60.5 Å². The summed E-state index contributed by atoms with van der Waals surface area (Å²) in [6, 6.07) is 15.3. The molecule has 5 rings (SSSR count). The largest absolute Gasteiger partial charge is 0.399 e. The monoisotopic (exact) mass is 654 g/mol. The fraction of sp³-hybridized carbons (Fsp3) is 0.200. The normalized spacial score (nSPS) is 14.6. The maximum atomic E-state index is 14.1. The van der Waals surface area contributed by atoms with Gasteiger partial charge >= 0.3 is 6.18 Å². The average molecular weight is 655 g/mol. The molecule has 0 bridgehead atoms. The van der Waals surface area contributed by atoms with Gasteiger partial charge in [0.1, 0.15) is 11.6 Å². The van der Waals surface area contributed by atoms with Crippen LogP contribution in [0.2, 0.25) is 10.0 Å². The minimum atomic E-state index is -4.57. The molecule has 0 aliphatic carbocycles. The summed E-state index contributed by atoms with van der Waals surface area (Å²) in [5.74, 6) is -3.02. The van der Waals surface area contributed by atoms with E-state index >= 15 is 0 Å². The SMILES string of the molecule is CNC(=O)c1cc(C#N)cc(C)c1NC(=O)c1cc(CN2CC(C(F)(F)F)C(c3ccc(Cl)cc3)=N2)nn1-c1ncccc1Cl. The van der Waals surface area contributed by atoms with Crippen molar-refractivity contribution in [2.75, 3.05) is 18.9 Å². The van der Waals surface area contributed by atoms with Gasteiger partial charge in [-0.25, -0.2) is 9.67 Å². The van der Waals surface area contributed by atoms with Crippen LogP contribution in [0.4, 0.5) is 18.9 Å². The second kappa shape index (κ2) is 12.6. The first kappa shape index (κ1) is 31.5. The number of rotatable bonds is 7. The Morgan fingerprint density at radius 1 is 1.11 bits per heavy atom. The van der Waals surface area contributed by atoms with E-state index < -0.39 is 30.5 Å². The number of alkyl halides is 3. The molecule has 1 aliphatic heterocycles. The number of aromatic nitrogens is 3. The number of amides is 2. The second-order valence-electron chi connectivity index (χ2n) is 10.0. The van der Waals surface area contributed by atoms with Crippen LogP contribution in [-0.4, -0.2) is 57.1 Å². The van der Waals surface area contributed by atoms with Crippen LogP contribution in [0.15, 0.2) is 65.9 Å². The van der Waals surface area contributed by atoms with Gasteiger partial charge in [-0.1, -0.05) is 35.3 Å². The van der Waals surface area contributed by atoms with Crippen molar-refractivity contribution in [3.63, 3.8) is 0 Å². The molecule has 45 heavy (non-hydrogen) atoms. The van der Waals surface area contributed by atoms with E-state index in [2.05, 4.69) is 25.8 Å². The molecule has 4 aromatic rings. The third-order valence-electron chi connectivity index (χ3n) is 6.96. The van der Waals surface area contributed by atoms with E-state index in [-0.39, 0.29) is 56.9 Å². The molecule has 10 nitrogen and oxygen atoms in total. The molecule has 0 spiro atoms. The van der Waals surface area contributed by atoms with Gasteiger partial charge in [0.2, 0.25) is 0 Å². The zero-order chi connectivity index (χ0) is 32.5. The fourth-order valence-electron chi connectivity index (χ4n) is 4.86. The van der Waals surface area contributed by atoms with Crippen LogP contribution in [0.5, 0.6) is 0 Å². The zero-order valence-electron chi connectivity index (χ0n) is 23.7. The summed E-state index contributed by atoms with van der Waals surface area (Å²) in [6.45, 7) is 0.975. The van der Waals surface area contributed by atoms with E-state index in [1.807, 2.05) is 6.07 Å². The van der Waals surface area contributed by atoms with Crippen LogP contribution in [0.3, 0.4) is 0 Å². The number of nitrogens with zero attached hydrogens (tertiary/aromatic N) is 6. The van der Waals surface area contributed by atoms with E-state index in [4.69, 9.17) is 23.2 Å². The predicted octanol–water partition coefficient (Wildman–Crippen LogP) is 5.76. The number of carbonyl (C=O) groups excluding carboxylic acids is 2. The third kappa shape index (κ3) is 6.62. The molecule has 1 atom stereocenters. The molecular formula is C30H23Cl2F3N8O2. The molecule has 1 aliphatic rings. The van der Waals surface area contributed by atoms with Gasteiger partial charge in [-0.15, -0.1) is 0 Å². The number of nitrogens with one attached hydrogen (secondary N) is 2. The Morgan fingerprint density at radius 3 is 2.49 bits per heavy atom. The van der Waals surface area contributed by atoms with Gasteiger partial charge in [0.05, 0.1) is 52.4 Å². The van der Waals surface area contributed by atoms with Crippen LogP contribution < -0.4 is 10.6 Å². The number of anilines is 1. The van der Waals surface area contributed by atoms with Crippen molar-refractivity contribution in [2.45, 2.75) is 19.6 Å². The summed E-state index contributed by atoms with van der Waals surface area (Å²) in [5.41, 5.74) is 1.13. The topological polar surface area (TPSA) is 128 Å². The number of benzene rings is 2. The van der Waals surface area contributed by atoms with Crippen molar-refractivity contribution in [3.8, 4) is 11.9 Å². The van der Waals surface area contributed by atoms with Crippen molar-refractivity contribution in [1.82, 2.24) is 25.1 Å². The lowest BCUT2D eigenvalue weighted by atomic mass is 9.97. The summed E-state index contributed by atoms with van der Waals surface area (Å²) in [5, 5.41) is 25.1. The number of hydrogen-bond donors (Lipinski definition) is 2. The van der Waals surface area contributed by atoms with Gasteiger partial charge in [0, 0.05) is 18.3 Å². The van der Waals surface area contributed by atoms with Gasteiger partial charge in [0.15, 0.2) is 5.82 Å². The molecular weight excluding hydrogens is 632 g/mol. The van der Waals surface area contributed by atoms with E-state index in [9.17, 15) is 28.0 Å². The van der Waals surface area contributed by atoms with E-state index in [1.165, 1.54) is 65.4 Å². The predicted molar refractivity (Wildman–Crippen MR) is 162 cm³/mol. The number of nitriles is 1. The minimum absolute atomic E-state index is 0.0592. The van der Waals surface area contributed by atoms with E-state index in [0.29, 0.717) is 10.6 Å². The Kier molecular flexibility index (Phi) is 8.81. The molecule has 2 N–H and O–H groups in total. The van der Waals surface area contributed by atoms with Crippen LogP contribution in [0, 0.1) is 24.2 Å². The highest BCUT2D eigenvalue weighted by Gasteiger charge is 2.47. The van der Waals surface area contributed by atoms with E-state index in [0.717, 1.165) is 0 Å². The zero-order valence-corrected chi connectivity index (χ0v) is 25.2. The molecule has 0 radical (unpaired) electrons. The van der Waals surface area contributed by atoms with Crippen molar-refractivity contribution < 1.29 is 22.8 Å². The van der Waals surface area contributed by atoms with Crippen LogP contribution in [-0.2, 0) is 6.54 Å². The lowest BCUT2D eigenvalue weighted by Crippen LogP contribution is -2.33. The molecule has 1 unspecified atom stereocenters. The Morgan fingerprint density at radius 2 is 1.84 bits per heavy atom. The molecule has 0 saturated heterocycles. The Labute approximate surface area is 265 Å². The first-order valence-corrected chi connectivity index (χ1v) is 14.1. The molecule has 2 aromatic heterocycles. The summed E-state index contributed by atoms with van der Waals surface area (Å²) in [7, 11) is 1.41. The Bertz CT molecular complexity index is 1870. The summed E-state index contributed by atoms with van der Waals surface area (Å²) < 4.78 is 43.3. The van der Waals surface area contributed by atoms with Crippen LogP contribution in [0.25, 0.3) is 5.82 Å². The number of pyridine rings is 1. The quantitative estimate of drug-likeness (QED) is 0.261. The first-order valence-electron chi connectivity index (χ1n) is 13.3. The van der Waals surface area contributed by atoms with E-state index in [1.54, 1.807) is 19.1 Å². The lowest BCUT2D eigenvalue weighted by Gasteiger charge is -2.18. The van der Waals surface area contributed by atoms with Crippen LogP contribution >= 0.6 is 23.2 Å². The number of carbonyl (C=O) groups is 2. The summed E-state index contributed by atoms with van der Waals surface area (Å²) >= 11 is 12.3. The number of hydrazone groups is 1. The standard InChI is InChI=1S/C30H23Cl2F3N8O2/c1-16-10-17(13-36)11-21(28(44)37-2)25(16)39-29(45)24-12-20(40-43(24)27-23(32)4-3-9-38-27)14-42-15-22(30(33,34)35)26(41-42)18-5-7-19(31)8-6-18/h3-12,22H,14-15H2,1-2H3,(H,37,44)(H,39,45). The van der Waals surface area contributed by atoms with Crippen molar-refractivity contribution in [1.29, 1.82) is 5.26 Å². The maximum Gasteiger partial charge on any atom is 0.399 e. The van der Waals surface area contributed by atoms with Crippen molar-refractivity contribution in [2.24, 2.45) is 11.0 Å². The fourth-order valence-corrected chi connectivity index (χ4v) is 5.19. The average Bonchev–Trinajstić information content (AvgIpc) is 3.63. The molecule has 0 saturated carbocycles. The molecule has 15 heteroatoms. The van der Waals surface area contributed by atoms with Gasteiger partial charge in [-0.2, -0.15) is 28.6 Å². The van der Waals surface area contributed by atoms with Crippen molar-refractivity contribution in [3.05, 3.63) is 104 Å². The third-order valence-corrected chi connectivity index (χ3v) is 7.51. The van der Waals surface area contributed by atoms with Gasteiger partial charge in [-0.3, -0.25) is 14.6 Å². The summed E-state index contributed by atoms with van der Waals surface area (Å²) in [6.07, 6.45) is -3.13. The lowest BCUT2D eigenvalue weighted by molar-refractivity contribution is -0.156. The number of aryl methyl sites for hydroxylation is 1. The molecule has 230 valence electrons. The van der Waals surface area contributed by atoms with Crippen LogP contribution in [0.1, 0.15) is 43.2 Å². The number of hydrogen-bond acceptors (Lipinski definition) is 7. The highest BCUT2D eigenvalue weighted by Crippen LogP contribution is 2.35. The minimum Gasteiger partial charge on any atom is -0.355 e. The molecule has 0 fully saturated rings. The maximum absolute atomic E-state index is 14.1. The molecule has 2 aromatic carbocycles. The highest BCUT2D eigenvalue weighted by atomic mass is 35.5. The smallest absolute Gasteiger partial charge is 0.355 e. The van der Waals surface area contributed by atoms with Gasteiger partial charge < -0.3 is 10.6 Å².